The molecule has 0 aliphatic rings. The van der Waals surface area contributed by atoms with Gasteiger partial charge in [-0.2, -0.15) is 10.4 Å². The van der Waals surface area contributed by atoms with E-state index in [0.717, 1.165) is 18.2 Å². The molecule has 0 aliphatic carbocycles. The zero-order valence-corrected chi connectivity index (χ0v) is 17.6. The van der Waals surface area contributed by atoms with Gasteiger partial charge in [-0.15, -0.1) is 0 Å². The van der Waals surface area contributed by atoms with Crippen LogP contribution in [0.15, 0.2) is 71.8 Å². The fraction of sp³-hybridized carbons (Fsp3) is 0. The van der Waals surface area contributed by atoms with Gasteiger partial charge in [0.05, 0.1) is 33.8 Å². The fourth-order valence-electron chi connectivity index (χ4n) is 2.63. The van der Waals surface area contributed by atoms with Crippen molar-refractivity contribution in [1.29, 1.82) is 5.26 Å². The number of amides is 2. The van der Waals surface area contributed by atoms with Crippen LogP contribution >= 0.6 is 0 Å². The summed E-state index contributed by atoms with van der Waals surface area (Å²) in [7, 11) is 0. The van der Waals surface area contributed by atoms with Gasteiger partial charge in [0.2, 0.25) is 5.75 Å². The van der Waals surface area contributed by atoms with Crippen LogP contribution in [-0.4, -0.2) is 27.9 Å². The summed E-state index contributed by atoms with van der Waals surface area (Å²) in [6.07, 6.45) is 1.25. The lowest BCUT2D eigenvalue weighted by Gasteiger charge is -2.06. The van der Waals surface area contributed by atoms with E-state index in [-0.39, 0.29) is 11.5 Å². The van der Waals surface area contributed by atoms with E-state index in [9.17, 15) is 29.8 Å². The minimum Gasteiger partial charge on any atom is -0.450 e. The van der Waals surface area contributed by atoms with E-state index < -0.39 is 33.0 Å². The van der Waals surface area contributed by atoms with Gasteiger partial charge in [-0.05, 0) is 60.2 Å². The van der Waals surface area contributed by atoms with Crippen molar-refractivity contribution in [2.45, 2.75) is 0 Å². The molecule has 0 fully saturated rings. The third-order valence-corrected chi connectivity index (χ3v) is 4.32. The zero-order chi connectivity index (χ0) is 25.4. The number of nitrogens with zero attached hydrogens (tertiary/aromatic N) is 4. The Hall–Kier alpha value is -5.64. The summed E-state index contributed by atoms with van der Waals surface area (Å²) in [6.45, 7) is 0. The third-order valence-electron chi connectivity index (χ3n) is 4.32. The van der Waals surface area contributed by atoms with Crippen LogP contribution < -0.4 is 15.5 Å². The molecule has 0 saturated heterocycles. The van der Waals surface area contributed by atoms with Gasteiger partial charge < -0.3 is 10.1 Å². The summed E-state index contributed by atoms with van der Waals surface area (Å²) in [5, 5.41) is 36.8. The highest BCUT2D eigenvalue weighted by atomic mass is 16.6. The Balaban J connectivity index is 1.58. The Bertz CT molecular complexity index is 1360. The zero-order valence-electron chi connectivity index (χ0n) is 17.6. The van der Waals surface area contributed by atoms with Gasteiger partial charge in [-0.1, -0.05) is 0 Å². The summed E-state index contributed by atoms with van der Waals surface area (Å²) in [4.78, 5) is 44.2. The maximum atomic E-state index is 11.9. The highest BCUT2D eigenvalue weighted by Crippen LogP contribution is 2.34. The lowest BCUT2D eigenvalue weighted by molar-refractivity contribution is -0.394. The number of ether oxygens (including phenoxy) is 1. The molecule has 0 unspecified atom stereocenters. The predicted octanol–water partition coefficient (Wildman–Crippen LogP) is 3.26. The van der Waals surface area contributed by atoms with E-state index in [2.05, 4.69) is 15.8 Å². The van der Waals surface area contributed by atoms with Gasteiger partial charge in [0, 0.05) is 11.8 Å². The van der Waals surface area contributed by atoms with Crippen LogP contribution in [0, 0.1) is 31.6 Å². The van der Waals surface area contributed by atoms with Gasteiger partial charge in [0.1, 0.15) is 5.75 Å². The van der Waals surface area contributed by atoms with Crippen LogP contribution in [0.3, 0.4) is 0 Å². The maximum Gasteiger partial charge on any atom is 0.329 e. The molecule has 0 saturated carbocycles. The molecule has 0 heterocycles. The Morgan fingerprint density at radius 2 is 1.63 bits per heavy atom. The van der Waals surface area contributed by atoms with Crippen LogP contribution in [-0.2, 0) is 9.59 Å². The molecule has 0 bridgehead atoms. The lowest BCUT2D eigenvalue weighted by Crippen LogP contribution is -2.32. The smallest absolute Gasteiger partial charge is 0.329 e. The van der Waals surface area contributed by atoms with Crippen LogP contribution in [0.1, 0.15) is 11.1 Å². The van der Waals surface area contributed by atoms with Gasteiger partial charge >= 0.3 is 17.5 Å². The van der Waals surface area contributed by atoms with Crippen molar-refractivity contribution in [3.05, 3.63) is 98.1 Å². The van der Waals surface area contributed by atoms with E-state index in [1.807, 2.05) is 6.07 Å². The quantitative estimate of drug-likeness (QED) is 0.226. The molecule has 3 rings (SSSR count). The van der Waals surface area contributed by atoms with Crippen LogP contribution in [0.4, 0.5) is 17.1 Å². The minimum atomic E-state index is -1.02. The molecule has 35 heavy (non-hydrogen) atoms. The largest absolute Gasteiger partial charge is 0.450 e. The number of carbonyl (C=O) groups excluding carboxylic acids is 2. The second-order valence-corrected chi connectivity index (χ2v) is 6.68. The molecule has 2 amide bonds. The predicted molar refractivity (Wildman–Crippen MR) is 122 cm³/mol. The Kier molecular flexibility index (Phi) is 7.40. The number of carbonyl (C=O) groups is 2. The standard InChI is InChI=1S/C22H14N6O7/c23-12-14-1-5-16(6-2-14)25-21(29)22(30)26-24-13-15-3-8-18(9-4-15)35-20-10-7-17(27(31)32)11-19(20)28(33)34/h1-11,13H,(H,25,29)(H,26,30). The second-order valence-electron chi connectivity index (χ2n) is 6.68. The van der Waals surface area contributed by atoms with Crippen molar-refractivity contribution in [2.24, 2.45) is 5.10 Å². The van der Waals surface area contributed by atoms with E-state index in [1.54, 1.807) is 0 Å². The average molecular weight is 474 g/mol. The first-order valence-corrected chi connectivity index (χ1v) is 9.62. The number of hydrogen-bond acceptors (Lipinski definition) is 9. The number of nitriles is 1. The molecular formula is C22H14N6O7. The first-order valence-electron chi connectivity index (χ1n) is 9.62. The maximum absolute atomic E-state index is 11.9. The second kappa shape index (κ2) is 10.8. The number of anilines is 1. The minimum absolute atomic E-state index is 0.178. The topological polar surface area (TPSA) is 190 Å². The molecule has 13 heteroatoms. The summed E-state index contributed by atoms with van der Waals surface area (Å²) in [6, 6.07) is 16.9. The van der Waals surface area contributed by atoms with E-state index >= 15 is 0 Å². The molecule has 2 N–H and O–H groups in total. The van der Waals surface area contributed by atoms with Gasteiger partial charge in [0.25, 0.3) is 5.69 Å². The van der Waals surface area contributed by atoms with Crippen molar-refractivity contribution < 1.29 is 24.2 Å². The third kappa shape index (κ3) is 6.43. The highest BCUT2D eigenvalue weighted by Gasteiger charge is 2.21. The number of rotatable bonds is 7. The molecule has 3 aromatic rings. The van der Waals surface area contributed by atoms with Crippen molar-refractivity contribution >= 4 is 35.1 Å². The number of hydrogen-bond donors (Lipinski definition) is 2. The molecule has 0 atom stereocenters. The first kappa shape index (κ1) is 24.0. The van der Waals surface area contributed by atoms with Crippen LogP contribution in [0.2, 0.25) is 0 Å². The molecule has 3 aromatic carbocycles. The van der Waals surface area contributed by atoms with Crippen molar-refractivity contribution in [3.63, 3.8) is 0 Å². The first-order chi connectivity index (χ1) is 16.8. The Morgan fingerprint density at radius 1 is 0.943 bits per heavy atom. The average Bonchev–Trinajstić information content (AvgIpc) is 2.85. The Morgan fingerprint density at radius 3 is 2.23 bits per heavy atom. The van der Waals surface area contributed by atoms with E-state index in [1.165, 1.54) is 54.7 Å². The number of non-ortho nitro benzene ring substituents is 1. The number of benzene rings is 3. The summed E-state index contributed by atoms with van der Waals surface area (Å²) < 4.78 is 5.46. The monoisotopic (exact) mass is 474 g/mol. The molecule has 174 valence electrons. The fourth-order valence-corrected chi connectivity index (χ4v) is 2.63. The van der Waals surface area contributed by atoms with E-state index in [0.29, 0.717) is 16.8 Å². The van der Waals surface area contributed by atoms with Gasteiger partial charge in [0.15, 0.2) is 0 Å². The lowest BCUT2D eigenvalue weighted by atomic mass is 10.2. The van der Waals surface area contributed by atoms with Crippen molar-refractivity contribution in [3.8, 4) is 17.6 Å². The van der Waals surface area contributed by atoms with Gasteiger partial charge in [-0.3, -0.25) is 29.8 Å². The molecule has 0 aliphatic heterocycles. The number of nitro benzene ring substituents is 2. The van der Waals surface area contributed by atoms with Crippen LogP contribution in [0.5, 0.6) is 11.5 Å². The number of nitro groups is 2. The molecule has 13 nitrogen and oxygen atoms in total. The highest BCUT2D eigenvalue weighted by molar-refractivity contribution is 6.39. The summed E-state index contributed by atoms with van der Waals surface area (Å²) >= 11 is 0. The molecule has 0 spiro atoms. The van der Waals surface area contributed by atoms with Crippen molar-refractivity contribution in [1.82, 2.24) is 5.43 Å². The normalized spacial score (nSPS) is 10.3. The number of nitrogens with one attached hydrogen (secondary N) is 2. The van der Waals surface area contributed by atoms with Gasteiger partial charge in [-0.25, -0.2) is 5.43 Å². The van der Waals surface area contributed by atoms with Crippen molar-refractivity contribution in [2.75, 3.05) is 5.32 Å². The SMILES string of the molecule is N#Cc1ccc(NC(=O)C(=O)NN=Cc2ccc(Oc3ccc([N+](=O)[O-])cc3[N+](=O)[O-])cc2)cc1. The number of hydrazone groups is 1. The Labute approximate surface area is 196 Å². The molecule has 0 radical (unpaired) electrons. The summed E-state index contributed by atoms with van der Waals surface area (Å²) in [5.74, 6) is -1.94. The molecule has 0 aromatic heterocycles. The summed E-state index contributed by atoms with van der Waals surface area (Å²) in [5.41, 5.74) is 2.30. The van der Waals surface area contributed by atoms with E-state index in [4.69, 9.17) is 10.00 Å². The molecular weight excluding hydrogens is 460 g/mol. The van der Waals surface area contributed by atoms with Crippen LogP contribution in [0.25, 0.3) is 0 Å².